The van der Waals surface area contributed by atoms with Gasteiger partial charge in [-0.2, -0.15) is 0 Å². The van der Waals surface area contributed by atoms with E-state index in [2.05, 4.69) is 0 Å². The molecule has 0 saturated carbocycles. The number of carbonyl (C=O) groups is 2. The summed E-state index contributed by atoms with van der Waals surface area (Å²) in [6.07, 6.45) is 0.141. The molecule has 5 heteroatoms. The highest BCUT2D eigenvalue weighted by atomic mass is 16.6. The van der Waals surface area contributed by atoms with Crippen LogP contribution in [0.2, 0.25) is 0 Å². The number of carboxylic acid groups (broad SMARTS) is 1. The van der Waals surface area contributed by atoms with Gasteiger partial charge in [0.25, 0.3) is 0 Å². The molecule has 1 N–H and O–H groups in total. The van der Waals surface area contributed by atoms with E-state index in [0.29, 0.717) is 12.2 Å². The van der Waals surface area contributed by atoms with E-state index in [9.17, 15) is 9.59 Å². The fraction of sp³-hybridized carbons (Fsp3) is 0.429. The molecule has 102 valence electrons. The van der Waals surface area contributed by atoms with Crippen LogP contribution in [-0.2, 0) is 14.3 Å². The molecule has 0 amide bonds. The average molecular weight is 264 g/mol. The van der Waals surface area contributed by atoms with Gasteiger partial charge in [-0.25, -0.2) is 0 Å². The molecule has 1 heterocycles. The van der Waals surface area contributed by atoms with Crippen molar-refractivity contribution in [2.24, 2.45) is 5.92 Å². The lowest BCUT2D eigenvalue weighted by molar-refractivity contribution is -0.144. The van der Waals surface area contributed by atoms with Crippen LogP contribution in [0.3, 0.4) is 0 Å². The summed E-state index contributed by atoms with van der Waals surface area (Å²) in [5.41, 5.74) is 0.682. The average Bonchev–Trinajstić information content (AvgIpc) is 2.79. The maximum absolute atomic E-state index is 11.2. The zero-order valence-corrected chi connectivity index (χ0v) is 10.7. The largest absolute Gasteiger partial charge is 0.494 e. The summed E-state index contributed by atoms with van der Waals surface area (Å²) >= 11 is 0. The van der Waals surface area contributed by atoms with Gasteiger partial charge in [-0.05, 0) is 24.1 Å². The molecule has 0 bridgehead atoms. The Labute approximate surface area is 111 Å². The summed E-state index contributed by atoms with van der Waals surface area (Å²) in [5.74, 6) is -1.57. The van der Waals surface area contributed by atoms with Crippen molar-refractivity contribution >= 4 is 11.9 Å². The third-order valence-corrected chi connectivity index (χ3v) is 3.01. The Hall–Kier alpha value is -2.04. The minimum absolute atomic E-state index is 0.0753. The van der Waals surface area contributed by atoms with E-state index in [4.69, 9.17) is 14.6 Å². The van der Waals surface area contributed by atoms with Crippen LogP contribution in [0.4, 0.5) is 0 Å². The van der Waals surface area contributed by atoms with Crippen LogP contribution in [0.5, 0.6) is 5.75 Å². The SMILES string of the molecule is CCCOc1ccc([C@H]2OC(=O)C[C@H]2C(=O)O)cc1. The van der Waals surface area contributed by atoms with Gasteiger partial charge in [-0.3, -0.25) is 9.59 Å². The molecule has 0 radical (unpaired) electrons. The lowest BCUT2D eigenvalue weighted by Gasteiger charge is -2.15. The first kappa shape index (κ1) is 13.4. The summed E-state index contributed by atoms with van der Waals surface area (Å²) in [6, 6.07) is 7.00. The van der Waals surface area contributed by atoms with Gasteiger partial charge in [0.1, 0.15) is 17.8 Å². The topological polar surface area (TPSA) is 72.8 Å². The Morgan fingerprint density at radius 3 is 2.68 bits per heavy atom. The molecule has 1 aliphatic heterocycles. The molecule has 1 aliphatic rings. The van der Waals surface area contributed by atoms with Crippen LogP contribution in [0.1, 0.15) is 31.4 Å². The molecule has 1 fully saturated rings. The van der Waals surface area contributed by atoms with Crippen molar-refractivity contribution < 1.29 is 24.2 Å². The number of carboxylic acids is 1. The second kappa shape index (κ2) is 5.73. The van der Waals surface area contributed by atoms with Gasteiger partial charge in [-0.1, -0.05) is 19.1 Å². The number of ether oxygens (including phenoxy) is 2. The number of hydrogen-bond acceptors (Lipinski definition) is 4. The van der Waals surface area contributed by atoms with Gasteiger partial charge in [0, 0.05) is 0 Å². The van der Waals surface area contributed by atoms with Crippen molar-refractivity contribution in [1.29, 1.82) is 0 Å². The third kappa shape index (κ3) is 3.05. The smallest absolute Gasteiger partial charge is 0.311 e. The van der Waals surface area contributed by atoms with Crippen LogP contribution < -0.4 is 4.74 Å². The van der Waals surface area contributed by atoms with E-state index in [1.165, 1.54) is 0 Å². The number of aliphatic carboxylic acids is 1. The van der Waals surface area contributed by atoms with Crippen molar-refractivity contribution in [1.82, 2.24) is 0 Å². The first-order valence-electron chi connectivity index (χ1n) is 6.27. The highest BCUT2D eigenvalue weighted by Gasteiger charge is 2.40. The molecular weight excluding hydrogens is 248 g/mol. The molecule has 2 rings (SSSR count). The monoisotopic (exact) mass is 264 g/mol. The first-order valence-corrected chi connectivity index (χ1v) is 6.27. The first-order chi connectivity index (χ1) is 9.11. The van der Waals surface area contributed by atoms with Gasteiger partial charge in [-0.15, -0.1) is 0 Å². The van der Waals surface area contributed by atoms with Gasteiger partial charge >= 0.3 is 11.9 Å². The van der Waals surface area contributed by atoms with E-state index >= 15 is 0 Å². The number of benzene rings is 1. The Kier molecular flexibility index (Phi) is 4.04. The van der Waals surface area contributed by atoms with Crippen molar-refractivity contribution in [3.63, 3.8) is 0 Å². The molecule has 1 saturated heterocycles. The molecule has 0 spiro atoms. The minimum Gasteiger partial charge on any atom is -0.494 e. The maximum Gasteiger partial charge on any atom is 0.311 e. The number of rotatable bonds is 5. The van der Waals surface area contributed by atoms with E-state index < -0.39 is 24.0 Å². The van der Waals surface area contributed by atoms with Gasteiger partial charge in [0.2, 0.25) is 0 Å². The molecular formula is C14H16O5. The van der Waals surface area contributed by atoms with Crippen LogP contribution in [0, 0.1) is 5.92 Å². The highest BCUT2D eigenvalue weighted by Crippen LogP contribution is 2.36. The fourth-order valence-electron chi connectivity index (χ4n) is 2.05. The zero-order chi connectivity index (χ0) is 13.8. The quantitative estimate of drug-likeness (QED) is 0.825. The molecule has 1 aromatic rings. The Morgan fingerprint density at radius 2 is 2.11 bits per heavy atom. The van der Waals surface area contributed by atoms with Crippen molar-refractivity contribution in [2.75, 3.05) is 6.61 Å². The van der Waals surface area contributed by atoms with Crippen LogP contribution >= 0.6 is 0 Å². The van der Waals surface area contributed by atoms with Crippen molar-refractivity contribution in [2.45, 2.75) is 25.9 Å². The minimum atomic E-state index is -1.01. The molecule has 5 nitrogen and oxygen atoms in total. The van der Waals surface area contributed by atoms with Crippen LogP contribution in [0.15, 0.2) is 24.3 Å². The summed E-state index contributed by atoms with van der Waals surface area (Å²) in [5, 5.41) is 9.08. The van der Waals surface area contributed by atoms with E-state index in [1.807, 2.05) is 6.92 Å². The number of cyclic esters (lactones) is 1. The second-order valence-electron chi connectivity index (χ2n) is 4.48. The van der Waals surface area contributed by atoms with Gasteiger partial charge in [0.05, 0.1) is 13.0 Å². The normalized spacial score (nSPS) is 22.1. The Balaban J connectivity index is 2.12. The third-order valence-electron chi connectivity index (χ3n) is 3.01. The Morgan fingerprint density at radius 1 is 1.42 bits per heavy atom. The Bertz CT molecular complexity index is 465. The molecule has 0 aliphatic carbocycles. The highest BCUT2D eigenvalue weighted by molar-refractivity contribution is 5.82. The molecule has 0 unspecified atom stereocenters. The molecule has 2 atom stereocenters. The van der Waals surface area contributed by atoms with Crippen molar-refractivity contribution in [3.05, 3.63) is 29.8 Å². The van der Waals surface area contributed by atoms with Gasteiger partial charge in [0.15, 0.2) is 0 Å². The summed E-state index contributed by atoms with van der Waals surface area (Å²) in [7, 11) is 0. The molecule has 19 heavy (non-hydrogen) atoms. The standard InChI is InChI=1S/C14H16O5/c1-2-7-18-10-5-3-9(4-6-10)13-11(14(16)17)8-12(15)19-13/h3-6,11,13H,2,7-8H2,1H3,(H,16,17)/t11-,13-/m1/s1. The summed E-state index contributed by atoms with van der Waals surface area (Å²) in [4.78, 5) is 22.3. The number of esters is 1. The maximum atomic E-state index is 11.2. The lowest BCUT2D eigenvalue weighted by atomic mass is 9.95. The number of carbonyl (C=O) groups excluding carboxylic acids is 1. The van der Waals surface area contributed by atoms with E-state index in [1.54, 1.807) is 24.3 Å². The van der Waals surface area contributed by atoms with Crippen molar-refractivity contribution in [3.8, 4) is 5.75 Å². The summed E-state index contributed by atoms with van der Waals surface area (Å²) in [6.45, 7) is 2.65. The van der Waals surface area contributed by atoms with Gasteiger partial charge < -0.3 is 14.6 Å². The number of hydrogen-bond donors (Lipinski definition) is 1. The fourth-order valence-corrected chi connectivity index (χ4v) is 2.05. The lowest BCUT2D eigenvalue weighted by Crippen LogP contribution is -2.17. The predicted octanol–water partition coefficient (Wildman–Crippen LogP) is 2.16. The van der Waals surface area contributed by atoms with E-state index in [0.717, 1.165) is 12.2 Å². The molecule has 1 aromatic carbocycles. The van der Waals surface area contributed by atoms with Crippen LogP contribution in [0.25, 0.3) is 0 Å². The second-order valence-corrected chi connectivity index (χ2v) is 4.48. The molecule has 0 aromatic heterocycles. The van der Waals surface area contributed by atoms with E-state index in [-0.39, 0.29) is 6.42 Å². The predicted molar refractivity (Wildman–Crippen MR) is 66.8 cm³/mol. The zero-order valence-electron chi connectivity index (χ0n) is 10.7. The van der Waals surface area contributed by atoms with Crippen LogP contribution in [-0.4, -0.2) is 23.7 Å². The summed E-state index contributed by atoms with van der Waals surface area (Å²) < 4.78 is 10.5.